The molecule has 1 aromatic carbocycles. The fourth-order valence-corrected chi connectivity index (χ4v) is 9.49. The van der Waals surface area contributed by atoms with Crippen LogP contribution in [0.2, 0.25) is 0 Å². The lowest BCUT2D eigenvalue weighted by atomic mass is 9.74. The van der Waals surface area contributed by atoms with E-state index in [1.807, 2.05) is 52.3 Å². The Bertz CT molecular complexity index is 1220. The number of morpholine rings is 1. The van der Waals surface area contributed by atoms with Crippen LogP contribution in [-0.4, -0.2) is 124 Å². The molecule has 0 aliphatic carbocycles. The van der Waals surface area contributed by atoms with Gasteiger partial charge in [-0.3, -0.25) is 19.3 Å². The van der Waals surface area contributed by atoms with Crippen LogP contribution < -0.4 is 0 Å². The number of fused-ring (bicyclic) bond motifs is 2. The van der Waals surface area contributed by atoms with E-state index in [-0.39, 0.29) is 30.9 Å². The molecule has 0 radical (unpaired) electrons. The third-order valence-electron chi connectivity index (χ3n) is 9.29. The normalized spacial score (nSPS) is 33.6. The molecule has 1 aromatic rings. The van der Waals surface area contributed by atoms with Gasteiger partial charge in [-0.1, -0.05) is 54.6 Å². The van der Waals surface area contributed by atoms with Crippen molar-refractivity contribution in [1.82, 2.24) is 19.6 Å². The van der Waals surface area contributed by atoms with Gasteiger partial charge in [-0.2, -0.15) is 0 Å². The molecule has 0 aromatic heterocycles. The number of carbonyl (C=O) groups is 3. The van der Waals surface area contributed by atoms with Gasteiger partial charge in [-0.25, -0.2) is 0 Å². The number of aliphatic hydroxyl groups is 1. The van der Waals surface area contributed by atoms with Crippen LogP contribution in [0.5, 0.6) is 0 Å². The van der Waals surface area contributed by atoms with Crippen molar-refractivity contribution in [3.63, 3.8) is 0 Å². The molecular weight excluding hydrogens is 540 g/mol. The molecule has 41 heavy (non-hydrogen) atoms. The molecule has 1 unspecified atom stereocenters. The molecular formula is C31H40N4O5S. The van der Waals surface area contributed by atoms with E-state index in [1.165, 1.54) is 0 Å². The van der Waals surface area contributed by atoms with E-state index in [1.54, 1.807) is 16.7 Å². The summed E-state index contributed by atoms with van der Waals surface area (Å²) in [6, 6.07) is 9.20. The van der Waals surface area contributed by atoms with Gasteiger partial charge in [0.25, 0.3) is 0 Å². The molecule has 0 saturated carbocycles. The lowest BCUT2D eigenvalue weighted by Crippen LogP contribution is -2.54. The van der Waals surface area contributed by atoms with Crippen molar-refractivity contribution in [3.05, 3.63) is 60.2 Å². The number of amides is 3. The molecule has 3 fully saturated rings. The van der Waals surface area contributed by atoms with Crippen LogP contribution in [0.1, 0.15) is 18.9 Å². The fourth-order valence-electron chi connectivity index (χ4n) is 7.33. The van der Waals surface area contributed by atoms with Crippen molar-refractivity contribution >= 4 is 29.5 Å². The number of hydrogen-bond acceptors (Lipinski definition) is 7. The molecule has 10 heteroatoms. The molecule has 220 valence electrons. The van der Waals surface area contributed by atoms with Gasteiger partial charge in [0.1, 0.15) is 6.04 Å². The number of rotatable bonds is 8. The summed E-state index contributed by atoms with van der Waals surface area (Å²) in [6.45, 7) is 8.10. The Morgan fingerprint density at radius 1 is 0.902 bits per heavy atom. The topological polar surface area (TPSA) is 93.6 Å². The predicted octanol–water partition coefficient (Wildman–Crippen LogP) is 1.39. The van der Waals surface area contributed by atoms with Gasteiger partial charge in [0.15, 0.2) is 0 Å². The minimum Gasteiger partial charge on any atom is -0.396 e. The maximum Gasteiger partial charge on any atom is 0.247 e. The Hall–Kier alpha value is -2.66. The summed E-state index contributed by atoms with van der Waals surface area (Å²) in [5, 5.41) is 9.66. The first-order valence-corrected chi connectivity index (χ1v) is 15.6. The highest BCUT2D eigenvalue weighted by atomic mass is 32.2. The minimum atomic E-state index is -0.855. The number of aliphatic hydroxyl groups excluding tert-OH is 1. The number of thioether (sulfide) groups is 1. The van der Waals surface area contributed by atoms with Crippen LogP contribution in [0.4, 0.5) is 0 Å². The van der Waals surface area contributed by atoms with Crippen molar-refractivity contribution in [3.8, 4) is 0 Å². The van der Waals surface area contributed by atoms with E-state index in [4.69, 9.17) is 4.74 Å². The number of carbonyl (C=O) groups excluding carboxylic acids is 3. The van der Waals surface area contributed by atoms with Gasteiger partial charge in [0, 0.05) is 63.7 Å². The number of ether oxygens (including phenoxy) is 1. The van der Waals surface area contributed by atoms with E-state index in [0.29, 0.717) is 45.8 Å². The summed E-state index contributed by atoms with van der Waals surface area (Å²) >= 11 is 1.61. The number of hydrogen-bond donors (Lipinski definition) is 1. The van der Waals surface area contributed by atoms with Crippen molar-refractivity contribution in [1.29, 1.82) is 0 Å². The summed E-state index contributed by atoms with van der Waals surface area (Å²) in [5.74, 6) is -1.51. The van der Waals surface area contributed by atoms with E-state index >= 15 is 0 Å². The van der Waals surface area contributed by atoms with Gasteiger partial charge < -0.3 is 24.5 Å². The third-order valence-corrected chi connectivity index (χ3v) is 11.1. The first-order valence-electron chi connectivity index (χ1n) is 14.8. The second-order valence-electron chi connectivity index (χ2n) is 11.9. The Kier molecular flexibility index (Phi) is 8.02. The number of nitrogens with zero attached hydrogens (tertiary/aromatic N) is 4. The fraction of sp³-hybridized carbons (Fsp3) is 0.581. The second kappa shape index (κ2) is 11.6. The van der Waals surface area contributed by atoms with Gasteiger partial charge in [0.05, 0.1) is 29.8 Å². The monoisotopic (exact) mass is 580 g/mol. The molecule has 1 spiro atoms. The van der Waals surface area contributed by atoms with E-state index in [2.05, 4.69) is 24.0 Å². The molecule has 3 saturated heterocycles. The van der Waals surface area contributed by atoms with Gasteiger partial charge >= 0.3 is 0 Å². The van der Waals surface area contributed by atoms with Crippen LogP contribution in [-0.2, 0) is 25.7 Å². The summed E-state index contributed by atoms with van der Waals surface area (Å²) in [6.07, 6.45) is 8.63. The second-order valence-corrected chi connectivity index (χ2v) is 13.6. The van der Waals surface area contributed by atoms with E-state index < -0.39 is 27.4 Å². The largest absolute Gasteiger partial charge is 0.396 e. The lowest BCUT2D eigenvalue weighted by molar-refractivity contribution is -0.145. The Balaban J connectivity index is 1.33. The average Bonchev–Trinajstić information content (AvgIpc) is 3.25. The highest BCUT2D eigenvalue weighted by Gasteiger charge is 2.73. The first kappa shape index (κ1) is 28.5. The maximum absolute atomic E-state index is 14.4. The zero-order valence-corrected chi connectivity index (χ0v) is 24.5. The molecule has 5 atom stereocenters. The molecule has 5 heterocycles. The quantitative estimate of drug-likeness (QED) is 0.465. The van der Waals surface area contributed by atoms with E-state index in [0.717, 1.165) is 25.2 Å². The SMILES string of the molecule is C[C@@]12C=CCN(Cc3ccccc3)C(=O)[C@@H]1[C@H]1C(=O)N(CCCO)C3C(=O)N(CCN4CCOCC4)CC=C[C@@]31S2. The summed E-state index contributed by atoms with van der Waals surface area (Å²) in [7, 11) is 0. The van der Waals surface area contributed by atoms with Crippen LogP contribution in [0.15, 0.2) is 54.6 Å². The Labute approximate surface area is 246 Å². The Morgan fingerprint density at radius 3 is 2.39 bits per heavy atom. The number of benzene rings is 1. The molecule has 5 aliphatic heterocycles. The van der Waals surface area contributed by atoms with Crippen LogP contribution in [0.25, 0.3) is 0 Å². The average molecular weight is 581 g/mol. The van der Waals surface area contributed by atoms with Crippen LogP contribution in [0, 0.1) is 11.8 Å². The lowest BCUT2D eigenvalue weighted by Gasteiger charge is -2.37. The molecule has 9 nitrogen and oxygen atoms in total. The van der Waals surface area contributed by atoms with Gasteiger partial charge in [-0.05, 0) is 18.9 Å². The molecule has 1 N–H and O–H groups in total. The van der Waals surface area contributed by atoms with Gasteiger partial charge in [-0.15, -0.1) is 11.8 Å². The standard InChI is InChI=1S/C31H40N4O5S/c1-30-10-5-13-34(22-23-8-3-2-4-9-23)27(37)24(30)25-28(38)35(14-7-19-36)26-29(39)33(12-6-11-31(25,26)41-30)16-15-32-17-20-40-21-18-32/h2-6,8-11,24-26,36H,7,12-22H2,1H3/t24-,25-,26?,30+,31-/m0/s1. The minimum absolute atomic E-state index is 0.0406. The molecule has 3 amide bonds. The zero-order chi connectivity index (χ0) is 28.6. The first-order chi connectivity index (χ1) is 19.9. The predicted molar refractivity (Wildman–Crippen MR) is 157 cm³/mol. The van der Waals surface area contributed by atoms with Crippen LogP contribution >= 0.6 is 11.8 Å². The van der Waals surface area contributed by atoms with Crippen molar-refractivity contribution in [2.24, 2.45) is 11.8 Å². The van der Waals surface area contributed by atoms with E-state index in [9.17, 15) is 19.5 Å². The maximum atomic E-state index is 14.4. The molecule has 6 rings (SSSR count). The summed E-state index contributed by atoms with van der Waals surface area (Å²) in [4.78, 5) is 50.8. The van der Waals surface area contributed by atoms with Crippen molar-refractivity contribution in [2.75, 3.05) is 65.6 Å². The highest BCUT2D eigenvalue weighted by Crippen LogP contribution is 2.65. The van der Waals surface area contributed by atoms with Crippen molar-refractivity contribution < 1.29 is 24.2 Å². The summed E-state index contributed by atoms with van der Waals surface area (Å²) in [5.41, 5.74) is 1.04. The smallest absolute Gasteiger partial charge is 0.247 e. The van der Waals surface area contributed by atoms with Crippen molar-refractivity contribution in [2.45, 2.75) is 35.4 Å². The van der Waals surface area contributed by atoms with Crippen LogP contribution in [0.3, 0.4) is 0 Å². The Morgan fingerprint density at radius 2 is 1.63 bits per heavy atom. The summed E-state index contributed by atoms with van der Waals surface area (Å²) < 4.78 is 3.99. The highest BCUT2D eigenvalue weighted by molar-refractivity contribution is 8.02. The molecule has 5 aliphatic rings. The number of likely N-dealkylation sites (tertiary alicyclic amines) is 1. The molecule has 0 bridgehead atoms. The zero-order valence-electron chi connectivity index (χ0n) is 23.7. The third kappa shape index (κ3) is 5.02. The van der Waals surface area contributed by atoms with Gasteiger partial charge in [0.2, 0.25) is 17.7 Å².